The maximum Gasteiger partial charge on any atom is 0.216 e. The summed E-state index contributed by atoms with van der Waals surface area (Å²) in [5, 5.41) is 25.9. The molecule has 0 spiro atoms. The van der Waals surface area contributed by atoms with E-state index in [0.717, 1.165) is 20.2 Å². The molecule has 0 bridgehead atoms. The molecule has 0 atom stereocenters. The van der Waals surface area contributed by atoms with Crippen LogP contribution in [0.5, 0.6) is 0 Å². The summed E-state index contributed by atoms with van der Waals surface area (Å²) >= 11 is 13.0. The third kappa shape index (κ3) is 3.00. The summed E-state index contributed by atoms with van der Waals surface area (Å²) in [5.74, 6) is 0.219. The first-order chi connectivity index (χ1) is 9.54. The smallest absolute Gasteiger partial charge is 0.216 e. The maximum absolute atomic E-state index is 9.09. The van der Waals surface area contributed by atoms with Gasteiger partial charge in [0, 0.05) is 15.1 Å². The van der Waals surface area contributed by atoms with Crippen LogP contribution >= 0.6 is 43.5 Å². The minimum absolute atomic E-state index is 0.219. The molecule has 0 fully saturated rings. The van der Waals surface area contributed by atoms with Crippen molar-refractivity contribution in [3.8, 4) is 6.07 Å². The van der Waals surface area contributed by atoms with Crippen LogP contribution in [0.1, 0.15) is 11.4 Å². The van der Waals surface area contributed by atoms with Crippen LogP contribution in [0.3, 0.4) is 0 Å². The number of hydrogen-bond acceptors (Lipinski definition) is 5. The van der Waals surface area contributed by atoms with E-state index >= 15 is 0 Å². The average Bonchev–Trinajstić information content (AvgIpc) is 2.94. The maximum atomic E-state index is 9.09. The van der Waals surface area contributed by atoms with Gasteiger partial charge in [-0.05, 0) is 55.6 Å². The average molecular weight is 418 g/mol. The molecule has 1 aromatic heterocycles. The lowest BCUT2D eigenvalue weighted by atomic mass is 10.2. The fourth-order valence-electron chi connectivity index (χ4n) is 1.46. The first kappa shape index (κ1) is 15.0. The second-order valence-corrected chi connectivity index (χ2v) is 5.79. The quantitative estimate of drug-likeness (QED) is 0.586. The van der Waals surface area contributed by atoms with Crippen molar-refractivity contribution in [1.29, 1.82) is 5.26 Å². The number of nitrogens with zero attached hydrogens (tertiary/aromatic N) is 4. The van der Waals surface area contributed by atoms with Crippen LogP contribution in [0.15, 0.2) is 21.2 Å². The first-order valence-corrected chi connectivity index (χ1v) is 7.25. The van der Waals surface area contributed by atoms with Gasteiger partial charge in [0.05, 0.1) is 10.7 Å². The zero-order chi connectivity index (χ0) is 14.7. The van der Waals surface area contributed by atoms with E-state index in [2.05, 4.69) is 57.8 Å². The zero-order valence-electron chi connectivity index (χ0n) is 10.1. The lowest BCUT2D eigenvalue weighted by molar-refractivity contribution is 0.881. The molecule has 0 aliphatic rings. The van der Waals surface area contributed by atoms with Gasteiger partial charge in [0.1, 0.15) is 11.6 Å². The monoisotopic (exact) mass is 416 g/mol. The Morgan fingerprint density at radius 1 is 1.50 bits per heavy atom. The molecule has 2 N–H and O–H groups in total. The van der Waals surface area contributed by atoms with Crippen molar-refractivity contribution in [2.24, 2.45) is 0 Å². The second kappa shape index (κ2) is 6.35. The normalized spacial score (nSPS) is 11.2. The van der Waals surface area contributed by atoms with Crippen LogP contribution in [0, 0.1) is 18.3 Å². The van der Waals surface area contributed by atoms with Crippen LogP contribution in [0.4, 0.5) is 5.69 Å². The van der Waals surface area contributed by atoms with E-state index in [1.54, 1.807) is 0 Å². The molecule has 1 aromatic carbocycles. The highest BCUT2D eigenvalue weighted by atomic mass is 79.9. The molecule has 0 radical (unpaired) electrons. The van der Waals surface area contributed by atoms with E-state index in [1.165, 1.54) is 6.20 Å². The molecular weight excluding hydrogens is 411 g/mol. The van der Waals surface area contributed by atoms with E-state index in [4.69, 9.17) is 16.9 Å². The standard InChI is InChI=1S/C11H7Br2ClN6/c1-5-9(14)7(12)2-8(13)10(5)16-4-6(3-15)11-17-19-20-18-11/h2,4,16H,1H3,(H,17,18,19,20). The first-order valence-electron chi connectivity index (χ1n) is 5.29. The van der Waals surface area contributed by atoms with E-state index in [9.17, 15) is 0 Å². The largest absolute Gasteiger partial charge is 0.359 e. The highest BCUT2D eigenvalue weighted by Crippen LogP contribution is 2.37. The van der Waals surface area contributed by atoms with Crippen LogP contribution in [0.2, 0.25) is 5.02 Å². The lowest BCUT2D eigenvalue weighted by Gasteiger charge is -2.11. The van der Waals surface area contributed by atoms with E-state index in [0.29, 0.717) is 5.02 Å². The number of benzene rings is 1. The van der Waals surface area contributed by atoms with Gasteiger partial charge in [-0.2, -0.15) is 10.5 Å². The van der Waals surface area contributed by atoms with Crippen molar-refractivity contribution in [3.05, 3.63) is 37.6 Å². The molecule has 9 heteroatoms. The number of allylic oxidation sites excluding steroid dienone is 1. The number of anilines is 1. The number of tetrazole rings is 1. The Kier molecular flexibility index (Phi) is 4.75. The van der Waals surface area contributed by atoms with Crippen molar-refractivity contribution in [2.75, 3.05) is 5.32 Å². The molecule has 6 nitrogen and oxygen atoms in total. The number of aromatic nitrogens is 4. The number of nitriles is 1. The van der Waals surface area contributed by atoms with Crippen molar-refractivity contribution in [2.45, 2.75) is 6.92 Å². The van der Waals surface area contributed by atoms with Crippen molar-refractivity contribution in [3.63, 3.8) is 0 Å². The Labute approximate surface area is 136 Å². The van der Waals surface area contributed by atoms with Gasteiger partial charge >= 0.3 is 0 Å². The van der Waals surface area contributed by atoms with E-state index < -0.39 is 0 Å². The van der Waals surface area contributed by atoms with Gasteiger partial charge in [-0.3, -0.25) is 0 Å². The van der Waals surface area contributed by atoms with Gasteiger partial charge in [-0.1, -0.05) is 11.6 Å². The topological polar surface area (TPSA) is 90.3 Å². The number of nitrogens with one attached hydrogen (secondary N) is 2. The van der Waals surface area contributed by atoms with Crippen LogP contribution in [-0.4, -0.2) is 20.6 Å². The van der Waals surface area contributed by atoms with Gasteiger partial charge < -0.3 is 5.32 Å². The summed E-state index contributed by atoms with van der Waals surface area (Å²) in [6.45, 7) is 1.87. The van der Waals surface area contributed by atoms with Crippen molar-refractivity contribution < 1.29 is 0 Å². The second-order valence-electron chi connectivity index (χ2n) is 3.70. The van der Waals surface area contributed by atoms with E-state index in [1.807, 2.05) is 19.1 Å². The summed E-state index contributed by atoms with van der Waals surface area (Å²) in [6.07, 6.45) is 1.50. The summed E-state index contributed by atoms with van der Waals surface area (Å²) in [4.78, 5) is 0. The number of halogens is 3. The molecule has 20 heavy (non-hydrogen) atoms. The Bertz CT molecular complexity index is 705. The number of rotatable bonds is 3. The highest BCUT2D eigenvalue weighted by Gasteiger charge is 2.11. The molecule has 0 aliphatic carbocycles. The van der Waals surface area contributed by atoms with Crippen molar-refractivity contribution >= 4 is 54.7 Å². The third-order valence-electron chi connectivity index (χ3n) is 2.47. The molecule has 2 rings (SSSR count). The Morgan fingerprint density at radius 3 is 2.85 bits per heavy atom. The van der Waals surface area contributed by atoms with Gasteiger partial charge in [0.15, 0.2) is 0 Å². The molecule has 0 aliphatic heterocycles. The van der Waals surface area contributed by atoms with Gasteiger partial charge in [-0.25, -0.2) is 0 Å². The summed E-state index contributed by atoms with van der Waals surface area (Å²) < 4.78 is 1.60. The molecule has 0 saturated heterocycles. The molecular formula is C11H7Br2ClN6. The third-order valence-corrected chi connectivity index (χ3v) is 4.44. The predicted molar refractivity (Wildman–Crippen MR) is 83.0 cm³/mol. The summed E-state index contributed by atoms with van der Waals surface area (Å²) in [7, 11) is 0. The highest BCUT2D eigenvalue weighted by molar-refractivity contribution is 9.11. The van der Waals surface area contributed by atoms with Crippen LogP contribution < -0.4 is 5.32 Å². The van der Waals surface area contributed by atoms with Crippen LogP contribution in [-0.2, 0) is 0 Å². The Hall–Kier alpha value is -1.43. The zero-order valence-corrected chi connectivity index (χ0v) is 14.0. The molecule has 1 heterocycles. The van der Waals surface area contributed by atoms with Gasteiger partial charge in [-0.15, -0.1) is 10.2 Å². The minimum Gasteiger partial charge on any atom is -0.359 e. The summed E-state index contributed by atoms with van der Waals surface area (Å²) in [5.41, 5.74) is 1.85. The lowest BCUT2D eigenvalue weighted by Crippen LogP contribution is -1.97. The number of H-pyrrole nitrogens is 1. The number of aromatic amines is 1. The molecule has 102 valence electrons. The fraction of sp³-hybridized carbons (Fsp3) is 0.0909. The molecule has 2 aromatic rings. The molecule has 0 saturated carbocycles. The minimum atomic E-state index is 0.219. The van der Waals surface area contributed by atoms with Gasteiger partial charge in [0.2, 0.25) is 5.82 Å². The SMILES string of the molecule is Cc1c(Cl)c(Br)cc(Br)c1NC=C(C#N)c1nn[nH]n1. The molecule has 0 amide bonds. The van der Waals surface area contributed by atoms with Crippen LogP contribution in [0.25, 0.3) is 5.57 Å². The Balaban J connectivity index is 2.36. The molecule has 0 unspecified atom stereocenters. The predicted octanol–water partition coefficient (Wildman–Crippen LogP) is 3.66. The summed E-state index contributed by atoms with van der Waals surface area (Å²) in [6, 6.07) is 3.82. The number of hydrogen-bond donors (Lipinski definition) is 2. The fourth-order valence-corrected chi connectivity index (χ4v) is 3.08. The van der Waals surface area contributed by atoms with E-state index in [-0.39, 0.29) is 11.4 Å². The van der Waals surface area contributed by atoms with Gasteiger partial charge in [0.25, 0.3) is 0 Å². The Morgan fingerprint density at radius 2 is 2.25 bits per heavy atom. The van der Waals surface area contributed by atoms with Crippen molar-refractivity contribution in [1.82, 2.24) is 20.6 Å².